The van der Waals surface area contributed by atoms with Crippen molar-refractivity contribution in [2.45, 2.75) is 13.0 Å². The second-order valence-electron chi connectivity index (χ2n) is 2.70. The summed E-state index contributed by atoms with van der Waals surface area (Å²) >= 11 is 5.83. The minimum atomic E-state index is -0.667. The van der Waals surface area contributed by atoms with E-state index in [4.69, 9.17) is 22.2 Å². The molecule has 0 heterocycles. The number of amides is 1. The monoisotopic (exact) mass is 214 g/mol. The molecule has 3 N–H and O–H groups in total. The first-order valence-corrected chi connectivity index (χ1v) is 4.44. The highest BCUT2D eigenvalue weighted by atomic mass is 35.5. The summed E-state index contributed by atoms with van der Waals surface area (Å²) in [7, 11) is 0. The third-order valence-corrected chi connectivity index (χ3v) is 1.96. The molecule has 0 saturated carbocycles. The molecule has 0 fully saturated rings. The van der Waals surface area contributed by atoms with Gasteiger partial charge in [0.2, 0.25) is 0 Å². The highest BCUT2D eigenvalue weighted by Crippen LogP contribution is 2.23. The molecule has 1 rings (SSSR count). The van der Waals surface area contributed by atoms with E-state index in [-0.39, 0.29) is 0 Å². The molecule has 5 heteroatoms. The van der Waals surface area contributed by atoms with E-state index < -0.39 is 12.0 Å². The van der Waals surface area contributed by atoms with Crippen molar-refractivity contribution in [2.75, 3.05) is 0 Å². The van der Waals surface area contributed by atoms with Gasteiger partial charge in [-0.05, 0) is 19.1 Å². The zero-order valence-electron chi connectivity index (χ0n) is 7.66. The van der Waals surface area contributed by atoms with Crippen LogP contribution in [-0.2, 0) is 4.79 Å². The van der Waals surface area contributed by atoms with Crippen LogP contribution in [0.2, 0.25) is 5.02 Å². The fourth-order valence-electron chi connectivity index (χ4n) is 0.902. The lowest BCUT2D eigenvalue weighted by Crippen LogP contribution is -2.40. The van der Waals surface area contributed by atoms with Gasteiger partial charge >= 0.3 is 0 Å². The number of rotatable bonds is 3. The lowest BCUT2D eigenvalue weighted by molar-refractivity contribution is -0.127. The Labute approximate surface area is 87.0 Å². The molecule has 0 aliphatic carbocycles. The van der Waals surface area contributed by atoms with Crippen molar-refractivity contribution in [1.82, 2.24) is 5.43 Å². The zero-order chi connectivity index (χ0) is 10.6. The molecule has 0 radical (unpaired) electrons. The molecule has 14 heavy (non-hydrogen) atoms. The van der Waals surface area contributed by atoms with Crippen molar-refractivity contribution >= 4 is 17.5 Å². The van der Waals surface area contributed by atoms with E-state index in [1.165, 1.54) is 0 Å². The smallest absolute Gasteiger partial charge is 0.274 e. The molecule has 0 aliphatic heterocycles. The van der Waals surface area contributed by atoms with Gasteiger partial charge in [0.25, 0.3) is 5.91 Å². The van der Waals surface area contributed by atoms with Crippen molar-refractivity contribution < 1.29 is 9.53 Å². The molecule has 1 amide bonds. The zero-order valence-corrected chi connectivity index (χ0v) is 8.41. The molecule has 0 spiro atoms. The minimum Gasteiger partial charge on any atom is -0.479 e. The Morgan fingerprint density at radius 3 is 2.79 bits per heavy atom. The number of nitrogens with one attached hydrogen (secondary N) is 1. The maximum Gasteiger partial charge on any atom is 0.274 e. The third-order valence-electron chi connectivity index (χ3n) is 1.65. The van der Waals surface area contributed by atoms with Crippen LogP contribution < -0.4 is 16.0 Å². The van der Waals surface area contributed by atoms with Crippen molar-refractivity contribution in [3.63, 3.8) is 0 Å². The summed E-state index contributed by atoms with van der Waals surface area (Å²) < 4.78 is 5.27. The molecular formula is C9H11ClN2O2. The Morgan fingerprint density at radius 2 is 2.21 bits per heavy atom. The van der Waals surface area contributed by atoms with Crippen LogP contribution in [0, 0.1) is 0 Å². The minimum absolute atomic E-state index is 0.398. The molecule has 1 atom stereocenters. The van der Waals surface area contributed by atoms with Crippen LogP contribution in [0.3, 0.4) is 0 Å². The number of hydrogen-bond donors (Lipinski definition) is 2. The van der Waals surface area contributed by atoms with Gasteiger partial charge in [0.05, 0.1) is 5.02 Å². The van der Waals surface area contributed by atoms with E-state index in [9.17, 15) is 4.79 Å². The molecule has 0 aromatic heterocycles. The lowest BCUT2D eigenvalue weighted by Gasteiger charge is -2.13. The molecule has 1 aromatic carbocycles. The van der Waals surface area contributed by atoms with E-state index in [2.05, 4.69) is 0 Å². The van der Waals surface area contributed by atoms with Crippen LogP contribution in [0.1, 0.15) is 6.92 Å². The van der Waals surface area contributed by atoms with Gasteiger partial charge in [-0.15, -0.1) is 0 Å². The van der Waals surface area contributed by atoms with Crippen LogP contribution in [-0.4, -0.2) is 12.0 Å². The highest BCUT2D eigenvalue weighted by molar-refractivity contribution is 6.32. The van der Waals surface area contributed by atoms with Crippen LogP contribution in [0.15, 0.2) is 24.3 Å². The summed E-state index contributed by atoms with van der Waals surface area (Å²) in [5, 5.41) is 0.462. The summed E-state index contributed by atoms with van der Waals surface area (Å²) in [5.74, 6) is 5.02. The van der Waals surface area contributed by atoms with Gasteiger partial charge in [0.1, 0.15) is 5.75 Å². The summed E-state index contributed by atoms with van der Waals surface area (Å²) in [6.07, 6.45) is -0.667. The number of hydrogen-bond acceptors (Lipinski definition) is 3. The molecule has 0 saturated heterocycles. The van der Waals surface area contributed by atoms with E-state index in [0.717, 1.165) is 0 Å². The summed E-state index contributed by atoms with van der Waals surface area (Å²) in [4.78, 5) is 11.0. The molecule has 0 aliphatic rings. The number of halogens is 1. The number of nitrogens with two attached hydrogens (primary N) is 1. The predicted molar refractivity (Wildman–Crippen MR) is 53.9 cm³/mol. The number of hydrazine groups is 1. The van der Waals surface area contributed by atoms with Crippen molar-refractivity contribution in [2.24, 2.45) is 5.84 Å². The molecule has 0 unspecified atom stereocenters. The fraction of sp³-hybridized carbons (Fsp3) is 0.222. The number of carbonyl (C=O) groups is 1. The Balaban J connectivity index is 2.69. The van der Waals surface area contributed by atoms with E-state index in [1.54, 1.807) is 31.2 Å². The van der Waals surface area contributed by atoms with Gasteiger partial charge < -0.3 is 4.74 Å². The first-order chi connectivity index (χ1) is 6.65. The molecular weight excluding hydrogens is 204 g/mol. The van der Waals surface area contributed by atoms with Crippen molar-refractivity contribution in [1.29, 1.82) is 0 Å². The van der Waals surface area contributed by atoms with Gasteiger partial charge in [0.15, 0.2) is 6.10 Å². The predicted octanol–water partition coefficient (Wildman–Crippen LogP) is 1.10. The number of carbonyl (C=O) groups excluding carboxylic acids is 1. The largest absolute Gasteiger partial charge is 0.479 e. The van der Waals surface area contributed by atoms with Gasteiger partial charge in [-0.2, -0.15) is 0 Å². The maximum atomic E-state index is 11.0. The Kier molecular flexibility index (Phi) is 3.73. The average molecular weight is 215 g/mol. The van der Waals surface area contributed by atoms with Gasteiger partial charge in [0, 0.05) is 0 Å². The fourth-order valence-corrected chi connectivity index (χ4v) is 1.08. The number of ether oxygens (including phenoxy) is 1. The first-order valence-electron chi connectivity index (χ1n) is 4.06. The molecule has 1 aromatic rings. The summed E-state index contributed by atoms with van der Waals surface area (Å²) in [6.45, 7) is 1.59. The quantitative estimate of drug-likeness (QED) is 0.450. The van der Waals surface area contributed by atoms with Crippen LogP contribution in [0.4, 0.5) is 0 Å². The second kappa shape index (κ2) is 4.83. The molecule has 76 valence electrons. The van der Waals surface area contributed by atoms with Crippen LogP contribution >= 0.6 is 11.6 Å². The lowest BCUT2D eigenvalue weighted by atomic mass is 10.3. The van der Waals surface area contributed by atoms with E-state index >= 15 is 0 Å². The number of para-hydroxylation sites is 1. The van der Waals surface area contributed by atoms with Crippen molar-refractivity contribution in [3.8, 4) is 5.75 Å². The Bertz CT molecular complexity index is 330. The van der Waals surface area contributed by atoms with Crippen LogP contribution in [0.25, 0.3) is 0 Å². The average Bonchev–Trinajstić information content (AvgIpc) is 2.20. The summed E-state index contributed by atoms with van der Waals surface area (Å²) in [5.41, 5.74) is 2.00. The van der Waals surface area contributed by atoms with Gasteiger partial charge in [-0.25, -0.2) is 5.84 Å². The van der Waals surface area contributed by atoms with E-state index in [0.29, 0.717) is 10.8 Å². The topological polar surface area (TPSA) is 64.3 Å². The van der Waals surface area contributed by atoms with Crippen molar-refractivity contribution in [3.05, 3.63) is 29.3 Å². The normalized spacial score (nSPS) is 11.9. The Hall–Kier alpha value is -1.26. The second-order valence-corrected chi connectivity index (χ2v) is 3.11. The standard InChI is InChI=1S/C9H11ClN2O2/c1-6(9(13)12-11)14-8-5-3-2-4-7(8)10/h2-6H,11H2,1H3,(H,12,13)/t6-/m0/s1. The van der Waals surface area contributed by atoms with Gasteiger partial charge in [-0.1, -0.05) is 23.7 Å². The van der Waals surface area contributed by atoms with Crippen LogP contribution in [0.5, 0.6) is 5.75 Å². The van der Waals surface area contributed by atoms with Gasteiger partial charge in [-0.3, -0.25) is 10.2 Å². The molecule has 4 nitrogen and oxygen atoms in total. The van der Waals surface area contributed by atoms with E-state index in [1.807, 2.05) is 5.43 Å². The SMILES string of the molecule is C[C@H](Oc1ccccc1Cl)C(=O)NN. The molecule has 0 bridgehead atoms. The summed E-state index contributed by atoms with van der Waals surface area (Å²) in [6, 6.07) is 6.92. The number of benzene rings is 1. The Morgan fingerprint density at radius 1 is 1.57 bits per heavy atom. The highest BCUT2D eigenvalue weighted by Gasteiger charge is 2.13. The third kappa shape index (κ3) is 2.61. The first kappa shape index (κ1) is 10.8. The maximum absolute atomic E-state index is 11.0.